The molecule has 1 aromatic heterocycles. The van der Waals surface area contributed by atoms with Crippen LogP contribution in [0, 0.1) is 0 Å². The predicted molar refractivity (Wildman–Crippen MR) is 111 cm³/mol. The molecule has 31 heavy (non-hydrogen) atoms. The quantitative estimate of drug-likeness (QED) is 0.378. The third-order valence-corrected chi connectivity index (χ3v) is 6.34. The highest BCUT2D eigenvalue weighted by Crippen LogP contribution is 2.31. The van der Waals surface area contributed by atoms with Gasteiger partial charge in [-0.15, -0.1) is 5.10 Å². The Morgan fingerprint density at radius 1 is 1.03 bits per heavy atom. The van der Waals surface area contributed by atoms with Crippen molar-refractivity contribution in [1.82, 2.24) is 9.78 Å². The van der Waals surface area contributed by atoms with Gasteiger partial charge in [0.15, 0.2) is 11.9 Å². The number of aliphatic hydroxyl groups excluding tert-OH is 3. The van der Waals surface area contributed by atoms with Gasteiger partial charge < -0.3 is 20.2 Å². The van der Waals surface area contributed by atoms with Crippen LogP contribution in [0.25, 0.3) is 5.69 Å². The van der Waals surface area contributed by atoms with Crippen molar-refractivity contribution in [3.05, 3.63) is 66.9 Å². The molecule has 1 amide bonds. The molecule has 4 rings (SSSR count). The van der Waals surface area contributed by atoms with Crippen LogP contribution in [0.15, 0.2) is 71.8 Å². The monoisotopic (exact) mass is 444 g/mol. The minimum atomic E-state index is -3.94. The number of anilines is 2. The number of amides is 1. The molecule has 2 unspecified atom stereocenters. The first-order chi connectivity index (χ1) is 14.8. The Kier molecular flexibility index (Phi) is 5.50. The van der Waals surface area contributed by atoms with Gasteiger partial charge in [0, 0.05) is 18.0 Å². The van der Waals surface area contributed by atoms with Crippen molar-refractivity contribution in [3.8, 4) is 5.69 Å². The summed E-state index contributed by atoms with van der Waals surface area (Å²) in [5.41, 5.74) is 1.07. The average Bonchev–Trinajstić information content (AvgIpc) is 3.24. The van der Waals surface area contributed by atoms with E-state index in [2.05, 4.69) is 9.82 Å². The molecule has 3 atom stereocenters. The lowest BCUT2D eigenvalue weighted by Gasteiger charge is -2.46. The van der Waals surface area contributed by atoms with Gasteiger partial charge in [0.1, 0.15) is 12.1 Å². The van der Waals surface area contributed by atoms with Crippen molar-refractivity contribution in [3.63, 3.8) is 0 Å². The fourth-order valence-electron chi connectivity index (χ4n) is 3.37. The summed E-state index contributed by atoms with van der Waals surface area (Å²) in [7, 11) is -3.94. The molecule has 0 radical (unpaired) electrons. The molecular formula is C20H20N4O6S. The maximum atomic E-state index is 12.7. The van der Waals surface area contributed by atoms with Crippen LogP contribution in [0.2, 0.25) is 0 Å². The summed E-state index contributed by atoms with van der Waals surface area (Å²) >= 11 is 0. The van der Waals surface area contributed by atoms with Crippen molar-refractivity contribution in [2.45, 2.75) is 23.1 Å². The van der Waals surface area contributed by atoms with Gasteiger partial charge >= 0.3 is 0 Å². The molecule has 0 saturated carbocycles. The number of carbonyl (C=O) groups excluding carboxylic acids is 1. The minimum Gasteiger partial charge on any atom is -0.394 e. The van der Waals surface area contributed by atoms with Crippen LogP contribution in [0.5, 0.6) is 0 Å². The third kappa shape index (κ3) is 3.91. The third-order valence-electron chi connectivity index (χ3n) is 4.97. The predicted octanol–water partition coefficient (Wildman–Crippen LogP) is 0.102. The Bertz CT molecular complexity index is 1180. The standard InChI is InChI=1S/C20H20N4O6S/c25-12-16(26)18-19(27)20(28)24(18)14-6-8-15(9-7-14)31(29,30)22-17-10-11-23(21-17)13-4-2-1-3-5-13/h1-11,16,18-19,25-27H,12H2,(H,21,22)/t16-,18?,19?/m0/s1. The van der Waals surface area contributed by atoms with E-state index in [1.807, 2.05) is 30.3 Å². The number of aromatic nitrogens is 2. The number of nitrogens with zero attached hydrogens (tertiary/aromatic N) is 3. The molecular weight excluding hydrogens is 424 g/mol. The first-order valence-corrected chi connectivity index (χ1v) is 10.8. The van der Waals surface area contributed by atoms with E-state index in [4.69, 9.17) is 5.11 Å². The summed E-state index contributed by atoms with van der Waals surface area (Å²) in [4.78, 5) is 13.0. The molecule has 4 N–H and O–H groups in total. The molecule has 3 aromatic rings. The highest BCUT2D eigenvalue weighted by atomic mass is 32.2. The van der Waals surface area contributed by atoms with Gasteiger partial charge in [-0.2, -0.15) is 0 Å². The SMILES string of the molecule is O=C1C(O)C([C@@H](O)CO)N1c1ccc(S(=O)(=O)Nc2ccn(-c3ccccc3)n2)cc1. The number of hydrogen-bond donors (Lipinski definition) is 4. The molecule has 1 aliphatic heterocycles. The zero-order valence-corrected chi connectivity index (χ0v) is 16.9. The summed E-state index contributed by atoms with van der Waals surface area (Å²) in [6.07, 6.45) is -1.12. The minimum absolute atomic E-state index is 0.0571. The summed E-state index contributed by atoms with van der Waals surface area (Å²) < 4.78 is 29.3. The van der Waals surface area contributed by atoms with Crippen LogP contribution < -0.4 is 9.62 Å². The van der Waals surface area contributed by atoms with Crippen LogP contribution in [0.3, 0.4) is 0 Å². The second-order valence-corrected chi connectivity index (χ2v) is 8.66. The average molecular weight is 444 g/mol. The molecule has 2 heterocycles. The van der Waals surface area contributed by atoms with Crippen LogP contribution in [0.1, 0.15) is 0 Å². The molecule has 1 saturated heterocycles. The number of carbonyl (C=O) groups is 1. The Hall–Kier alpha value is -3.25. The van der Waals surface area contributed by atoms with E-state index in [1.54, 1.807) is 6.20 Å². The van der Waals surface area contributed by atoms with Crippen molar-refractivity contribution in [1.29, 1.82) is 0 Å². The van der Waals surface area contributed by atoms with E-state index in [9.17, 15) is 23.4 Å². The summed E-state index contributed by atoms with van der Waals surface area (Å²) in [5, 5.41) is 32.9. The van der Waals surface area contributed by atoms with Gasteiger partial charge in [-0.25, -0.2) is 13.1 Å². The smallest absolute Gasteiger partial charge is 0.263 e. The van der Waals surface area contributed by atoms with Gasteiger partial charge in [0.2, 0.25) is 0 Å². The fraction of sp³-hybridized carbons (Fsp3) is 0.200. The molecule has 0 aliphatic carbocycles. The Morgan fingerprint density at radius 2 is 1.71 bits per heavy atom. The van der Waals surface area contributed by atoms with Crippen molar-refractivity contribution in [2.24, 2.45) is 0 Å². The number of hydrogen-bond acceptors (Lipinski definition) is 7. The highest BCUT2D eigenvalue weighted by Gasteiger charge is 2.50. The lowest BCUT2D eigenvalue weighted by Crippen LogP contribution is -2.70. The Labute approximate surface area is 178 Å². The summed E-state index contributed by atoms with van der Waals surface area (Å²) in [5.74, 6) is -0.502. The molecule has 0 spiro atoms. The van der Waals surface area contributed by atoms with Crippen LogP contribution in [-0.4, -0.2) is 64.3 Å². The molecule has 1 fully saturated rings. The molecule has 1 aliphatic rings. The maximum Gasteiger partial charge on any atom is 0.263 e. The number of benzene rings is 2. The van der Waals surface area contributed by atoms with E-state index in [-0.39, 0.29) is 10.7 Å². The lowest BCUT2D eigenvalue weighted by atomic mass is 9.92. The van der Waals surface area contributed by atoms with Gasteiger partial charge in [-0.1, -0.05) is 18.2 Å². The first-order valence-electron chi connectivity index (χ1n) is 9.36. The van der Waals surface area contributed by atoms with Crippen molar-refractivity contribution in [2.75, 3.05) is 16.2 Å². The molecule has 10 nitrogen and oxygen atoms in total. The van der Waals surface area contributed by atoms with Crippen LogP contribution in [0.4, 0.5) is 11.5 Å². The van der Waals surface area contributed by atoms with E-state index >= 15 is 0 Å². The zero-order chi connectivity index (χ0) is 22.2. The van der Waals surface area contributed by atoms with Gasteiger partial charge in [-0.05, 0) is 36.4 Å². The number of β-lactam (4-membered cyclic amide) rings is 1. The van der Waals surface area contributed by atoms with Crippen LogP contribution >= 0.6 is 0 Å². The van der Waals surface area contributed by atoms with Crippen molar-refractivity contribution < 1.29 is 28.5 Å². The van der Waals surface area contributed by atoms with E-state index in [1.165, 1.54) is 35.0 Å². The summed E-state index contributed by atoms with van der Waals surface area (Å²) in [6, 6.07) is 15.1. The Balaban J connectivity index is 1.51. The molecule has 162 valence electrons. The van der Waals surface area contributed by atoms with E-state index in [0.29, 0.717) is 5.69 Å². The second-order valence-electron chi connectivity index (χ2n) is 6.97. The largest absolute Gasteiger partial charge is 0.394 e. The summed E-state index contributed by atoms with van der Waals surface area (Å²) in [6.45, 7) is -0.627. The van der Waals surface area contributed by atoms with Crippen LogP contribution in [-0.2, 0) is 14.8 Å². The zero-order valence-electron chi connectivity index (χ0n) is 16.1. The van der Waals surface area contributed by atoms with Gasteiger partial charge in [0.05, 0.1) is 17.2 Å². The van der Waals surface area contributed by atoms with E-state index < -0.39 is 40.8 Å². The fourth-order valence-corrected chi connectivity index (χ4v) is 4.37. The number of rotatable bonds is 7. The van der Waals surface area contributed by atoms with Gasteiger partial charge in [0.25, 0.3) is 15.9 Å². The number of aliphatic hydroxyl groups is 3. The Morgan fingerprint density at radius 3 is 2.35 bits per heavy atom. The maximum absolute atomic E-state index is 12.7. The number of para-hydroxylation sites is 1. The molecule has 0 bridgehead atoms. The molecule has 2 aromatic carbocycles. The number of sulfonamides is 1. The van der Waals surface area contributed by atoms with Gasteiger partial charge in [-0.3, -0.25) is 9.52 Å². The second kappa shape index (κ2) is 8.12. The highest BCUT2D eigenvalue weighted by molar-refractivity contribution is 7.92. The van der Waals surface area contributed by atoms with E-state index in [0.717, 1.165) is 10.6 Å². The lowest BCUT2D eigenvalue weighted by molar-refractivity contribution is -0.142. The normalized spacial score (nSPS) is 19.7. The first kappa shape index (κ1) is 21.0. The van der Waals surface area contributed by atoms with Crippen molar-refractivity contribution >= 4 is 27.4 Å². The topological polar surface area (TPSA) is 145 Å². The molecule has 11 heteroatoms. The number of nitrogens with one attached hydrogen (secondary N) is 1.